The summed E-state index contributed by atoms with van der Waals surface area (Å²) in [6.45, 7) is 4.26. The lowest BCUT2D eigenvalue weighted by Crippen LogP contribution is -2.31. The van der Waals surface area contributed by atoms with Crippen LogP contribution in [0.4, 0.5) is 0 Å². The van der Waals surface area contributed by atoms with E-state index in [9.17, 15) is 4.79 Å². The molecule has 0 aromatic carbocycles. The van der Waals surface area contributed by atoms with Crippen molar-refractivity contribution < 1.29 is 4.79 Å². The van der Waals surface area contributed by atoms with E-state index in [1.54, 1.807) is 23.6 Å². The first-order chi connectivity index (χ1) is 13.2. The number of hydrogen-bond acceptors (Lipinski definition) is 3. The zero-order valence-electron chi connectivity index (χ0n) is 16.4. The Morgan fingerprint density at radius 1 is 1.33 bits per heavy atom. The van der Waals surface area contributed by atoms with E-state index in [1.165, 1.54) is 23.1 Å². The van der Waals surface area contributed by atoms with Gasteiger partial charge in [0.15, 0.2) is 0 Å². The van der Waals surface area contributed by atoms with Crippen LogP contribution in [-0.2, 0) is 11.2 Å². The normalized spacial score (nSPS) is 13.0. The number of aryl methyl sites for hydroxylation is 1. The number of nitrogens with zero attached hydrogens (tertiary/aromatic N) is 1. The average Bonchev–Trinajstić information content (AvgIpc) is 3.20. The Balaban J connectivity index is 1.77. The first kappa shape index (κ1) is 21.1. The van der Waals surface area contributed by atoms with Crippen LogP contribution in [-0.4, -0.2) is 16.9 Å². The maximum absolute atomic E-state index is 12.1. The molecule has 0 spiro atoms. The molecule has 144 valence electrons. The van der Waals surface area contributed by atoms with Gasteiger partial charge in [-0.15, -0.1) is 0 Å². The molecule has 0 bridgehead atoms. The predicted molar refractivity (Wildman–Crippen MR) is 116 cm³/mol. The van der Waals surface area contributed by atoms with Crippen LogP contribution < -0.4 is 5.32 Å². The Morgan fingerprint density at radius 2 is 2.22 bits per heavy atom. The molecule has 3 nitrogen and oxygen atoms in total. The SMILES string of the molecule is CCCC/C(=C\C=C\C(=O)N[C@H](C)CCCc1cccnc1)c1ccsc1. The van der Waals surface area contributed by atoms with Crippen LogP contribution in [0.1, 0.15) is 57.1 Å². The van der Waals surface area contributed by atoms with Crippen molar-refractivity contribution in [1.82, 2.24) is 10.3 Å². The molecule has 2 aromatic heterocycles. The lowest BCUT2D eigenvalue weighted by Gasteiger charge is -2.12. The summed E-state index contributed by atoms with van der Waals surface area (Å²) in [5, 5.41) is 7.31. The van der Waals surface area contributed by atoms with E-state index in [-0.39, 0.29) is 11.9 Å². The van der Waals surface area contributed by atoms with Crippen LogP contribution in [0.5, 0.6) is 0 Å². The fraction of sp³-hybridized carbons (Fsp3) is 0.391. The number of allylic oxidation sites excluding steroid dienone is 3. The second kappa shape index (κ2) is 12.2. The molecule has 4 heteroatoms. The lowest BCUT2D eigenvalue weighted by molar-refractivity contribution is -0.117. The van der Waals surface area contributed by atoms with Gasteiger partial charge < -0.3 is 5.32 Å². The number of amides is 1. The highest BCUT2D eigenvalue weighted by Gasteiger charge is 2.05. The molecule has 2 rings (SSSR count). The molecule has 0 aliphatic carbocycles. The fourth-order valence-corrected chi connectivity index (χ4v) is 3.59. The van der Waals surface area contributed by atoms with Crippen molar-refractivity contribution in [2.75, 3.05) is 0 Å². The van der Waals surface area contributed by atoms with Gasteiger partial charge >= 0.3 is 0 Å². The van der Waals surface area contributed by atoms with Gasteiger partial charge in [-0.1, -0.05) is 31.6 Å². The maximum atomic E-state index is 12.1. The second-order valence-electron chi connectivity index (χ2n) is 6.83. The van der Waals surface area contributed by atoms with E-state index < -0.39 is 0 Å². The van der Waals surface area contributed by atoms with E-state index in [0.717, 1.165) is 32.1 Å². The summed E-state index contributed by atoms with van der Waals surface area (Å²) in [5.74, 6) is -0.0275. The third kappa shape index (κ3) is 8.35. The van der Waals surface area contributed by atoms with Crippen molar-refractivity contribution in [3.8, 4) is 0 Å². The lowest BCUT2D eigenvalue weighted by atomic mass is 10.0. The Morgan fingerprint density at radius 3 is 2.93 bits per heavy atom. The van der Waals surface area contributed by atoms with Crippen molar-refractivity contribution in [3.63, 3.8) is 0 Å². The third-order valence-corrected chi connectivity index (χ3v) is 5.13. The zero-order valence-corrected chi connectivity index (χ0v) is 17.2. The maximum Gasteiger partial charge on any atom is 0.244 e. The monoisotopic (exact) mass is 382 g/mol. The van der Waals surface area contributed by atoms with Crippen molar-refractivity contribution in [2.24, 2.45) is 0 Å². The van der Waals surface area contributed by atoms with E-state index >= 15 is 0 Å². The Bertz CT molecular complexity index is 720. The van der Waals surface area contributed by atoms with Crippen LogP contribution in [0.3, 0.4) is 0 Å². The molecule has 0 aliphatic rings. The van der Waals surface area contributed by atoms with Crippen LogP contribution in [0.25, 0.3) is 5.57 Å². The first-order valence-corrected chi connectivity index (χ1v) is 10.7. The van der Waals surface area contributed by atoms with Crippen LogP contribution >= 0.6 is 11.3 Å². The second-order valence-corrected chi connectivity index (χ2v) is 7.61. The summed E-state index contributed by atoms with van der Waals surface area (Å²) in [5.41, 5.74) is 3.81. The number of carbonyl (C=O) groups excluding carboxylic acids is 1. The van der Waals surface area contributed by atoms with Gasteiger partial charge in [0.2, 0.25) is 5.91 Å². The third-order valence-electron chi connectivity index (χ3n) is 4.45. The first-order valence-electron chi connectivity index (χ1n) is 9.78. The van der Waals surface area contributed by atoms with Gasteiger partial charge in [-0.05, 0) is 78.6 Å². The van der Waals surface area contributed by atoms with Crippen LogP contribution in [0, 0.1) is 0 Å². The number of pyridine rings is 1. The molecule has 0 fully saturated rings. The van der Waals surface area contributed by atoms with Crippen LogP contribution in [0.2, 0.25) is 0 Å². The number of carbonyl (C=O) groups is 1. The van der Waals surface area contributed by atoms with Gasteiger partial charge in [-0.3, -0.25) is 9.78 Å². The molecule has 1 atom stereocenters. The van der Waals surface area contributed by atoms with Crippen LogP contribution in [0.15, 0.2) is 59.6 Å². The molecular weight excluding hydrogens is 352 g/mol. The highest BCUT2D eigenvalue weighted by Crippen LogP contribution is 2.23. The molecule has 0 unspecified atom stereocenters. The highest BCUT2D eigenvalue weighted by atomic mass is 32.1. The summed E-state index contributed by atoms with van der Waals surface area (Å²) in [6, 6.07) is 6.36. The summed E-state index contributed by atoms with van der Waals surface area (Å²) in [4.78, 5) is 16.3. The van der Waals surface area contributed by atoms with E-state index in [2.05, 4.69) is 53.1 Å². The van der Waals surface area contributed by atoms with Crippen molar-refractivity contribution in [1.29, 1.82) is 0 Å². The average molecular weight is 383 g/mol. The molecule has 2 heterocycles. The number of rotatable bonds is 11. The minimum Gasteiger partial charge on any atom is -0.350 e. The molecule has 2 aromatic rings. The Labute approximate surface area is 167 Å². The highest BCUT2D eigenvalue weighted by molar-refractivity contribution is 7.08. The smallest absolute Gasteiger partial charge is 0.244 e. The minimum atomic E-state index is -0.0275. The predicted octanol–water partition coefficient (Wildman–Crippen LogP) is 5.80. The molecule has 0 saturated heterocycles. The van der Waals surface area contributed by atoms with Gasteiger partial charge in [0.05, 0.1) is 0 Å². The molecule has 0 aliphatic heterocycles. The summed E-state index contributed by atoms with van der Waals surface area (Å²) < 4.78 is 0. The number of hydrogen-bond donors (Lipinski definition) is 1. The summed E-state index contributed by atoms with van der Waals surface area (Å²) >= 11 is 1.71. The molecule has 1 N–H and O–H groups in total. The van der Waals surface area contributed by atoms with Crippen molar-refractivity contribution in [3.05, 3.63) is 70.7 Å². The number of unbranched alkanes of at least 4 members (excludes halogenated alkanes) is 1. The quantitative estimate of drug-likeness (QED) is 0.394. The van der Waals surface area contributed by atoms with Crippen molar-refractivity contribution in [2.45, 2.75) is 58.4 Å². The molecule has 1 amide bonds. The Hall–Kier alpha value is -2.20. The van der Waals surface area contributed by atoms with Crippen molar-refractivity contribution >= 4 is 22.8 Å². The van der Waals surface area contributed by atoms with Gasteiger partial charge in [0.1, 0.15) is 0 Å². The molecule has 0 saturated carbocycles. The largest absolute Gasteiger partial charge is 0.350 e. The van der Waals surface area contributed by atoms with E-state index in [0.29, 0.717) is 0 Å². The number of nitrogens with one attached hydrogen (secondary N) is 1. The van der Waals surface area contributed by atoms with Gasteiger partial charge in [0.25, 0.3) is 0 Å². The van der Waals surface area contributed by atoms with Gasteiger partial charge in [-0.2, -0.15) is 11.3 Å². The minimum absolute atomic E-state index is 0.0275. The zero-order chi connectivity index (χ0) is 19.3. The van der Waals surface area contributed by atoms with Gasteiger partial charge in [-0.25, -0.2) is 0 Å². The van der Waals surface area contributed by atoms with E-state index in [1.807, 2.05) is 18.3 Å². The summed E-state index contributed by atoms with van der Waals surface area (Å²) in [7, 11) is 0. The fourth-order valence-electron chi connectivity index (χ4n) is 2.91. The Kier molecular flexibility index (Phi) is 9.56. The summed E-state index contributed by atoms with van der Waals surface area (Å²) in [6.07, 6.45) is 15.6. The van der Waals surface area contributed by atoms with E-state index in [4.69, 9.17) is 0 Å². The standard InChI is InChI=1S/C23H30N2OS/c1-3-4-11-21(22-14-16-27-18-22)12-6-13-23(26)25-19(2)8-5-9-20-10-7-15-24-17-20/h6-7,10,12-19H,3-5,8-9,11H2,1-2H3,(H,25,26)/b13-6+,21-12+/t19-/m1/s1. The number of aromatic nitrogens is 1. The molecular formula is C23H30N2OS. The van der Waals surface area contributed by atoms with Gasteiger partial charge in [0, 0.05) is 24.5 Å². The number of thiophene rings is 1. The molecule has 0 radical (unpaired) electrons. The molecule has 27 heavy (non-hydrogen) atoms. The topological polar surface area (TPSA) is 42.0 Å².